The van der Waals surface area contributed by atoms with Gasteiger partial charge in [-0.15, -0.1) is 0 Å². The second-order valence-electron chi connectivity index (χ2n) is 6.43. The molecule has 0 bridgehead atoms. The van der Waals surface area contributed by atoms with Gasteiger partial charge in [0.15, 0.2) is 24.0 Å². The van der Waals surface area contributed by atoms with Crippen molar-refractivity contribution in [1.82, 2.24) is 0 Å². The minimum absolute atomic E-state index is 0.00942. The van der Waals surface area contributed by atoms with E-state index in [1.54, 1.807) is 24.3 Å². The third-order valence-corrected chi connectivity index (χ3v) is 4.22. The highest BCUT2D eigenvalue weighted by Gasteiger charge is 2.14. The lowest BCUT2D eigenvalue weighted by molar-refractivity contribution is -0.116. The fraction of sp³-hybridized carbons (Fsp3) is 0.318. The average molecular weight is 401 g/mol. The third kappa shape index (κ3) is 6.71. The van der Waals surface area contributed by atoms with Crippen LogP contribution in [0.1, 0.15) is 53.3 Å². The van der Waals surface area contributed by atoms with E-state index in [4.69, 9.17) is 9.47 Å². The Balaban J connectivity index is 1.86. The first-order valence-corrected chi connectivity index (χ1v) is 9.38. The van der Waals surface area contributed by atoms with Crippen LogP contribution in [0, 0.1) is 5.82 Å². The third-order valence-electron chi connectivity index (χ3n) is 4.22. The van der Waals surface area contributed by atoms with Crippen molar-refractivity contribution in [3.8, 4) is 5.75 Å². The average Bonchev–Trinajstić information content (AvgIpc) is 2.72. The lowest BCUT2D eigenvalue weighted by Gasteiger charge is -2.08. The van der Waals surface area contributed by atoms with E-state index >= 15 is 0 Å². The number of hydrogen-bond donors (Lipinski definition) is 1. The molecule has 2 aromatic rings. The highest BCUT2D eigenvalue weighted by Crippen LogP contribution is 2.18. The molecule has 29 heavy (non-hydrogen) atoms. The quantitative estimate of drug-likeness (QED) is 0.363. The Bertz CT molecular complexity index is 864. The molecule has 1 N–H and O–H groups in total. The number of anilines is 1. The molecular formula is C22H24FNO5. The van der Waals surface area contributed by atoms with Crippen molar-refractivity contribution >= 4 is 23.3 Å². The molecule has 1 amide bonds. The summed E-state index contributed by atoms with van der Waals surface area (Å²) in [4.78, 5) is 36.0. The summed E-state index contributed by atoms with van der Waals surface area (Å²) in [5.74, 6) is -1.97. The van der Waals surface area contributed by atoms with Crippen LogP contribution >= 0.6 is 0 Å². The summed E-state index contributed by atoms with van der Waals surface area (Å²) in [6, 6.07) is 9.98. The van der Waals surface area contributed by atoms with E-state index in [2.05, 4.69) is 12.2 Å². The Labute approximate surface area is 169 Å². The van der Waals surface area contributed by atoms with Crippen molar-refractivity contribution < 1.29 is 28.2 Å². The van der Waals surface area contributed by atoms with Crippen LogP contribution in [0.5, 0.6) is 5.75 Å². The van der Waals surface area contributed by atoms with Crippen LogP contribution in [-0.4, -0.2) is 31.4 Å². The van der Waals surface area contributed by atoms with E-state index in [0.717, 1.165) is 25.3 Å². The van der Waals surface area contributed by atoms with E-state index in [1.165, 1.54) is 19.2 Å². The normalized spacial score (nSPS) is 10.3. The molecule has 0 aromatic heterocycles. The molecule has 2 rings (SSSR count). The summed E-state index contributed by atoms with van der Waals surface area (Å²) < 4.78 is 23.4. The highest BCUT2D eigenvalue weighted by molar-refractivity contribution is 6.00. The molecule has 0 aliphatic carbocycles. The SMILES string of the molecule is CCCCCC(=O)Nc1ccc(C(=O)COC(=O)c2ccc(OC)c(F)c2)cc1. The Hall–Kier alpha value is -3.22. The van der Waals surface area contributed by atoms with Crippen LogP contribution in [-0.2, 0) is 9.53 Å². The molecule has 0 heterocycles. The van der Waals surface area contributed by atoms with Gasteiger partial charge in [-0.3, -0.25) is 9.59 Å². The number of ketones is 1. The largest absolute Gasteiger partial charge is 0.494 e. The van der Waals surface area contributed by atoms with Gasteiger partial charge in [0.2, 0.25) is 5.91 Å². The summed E-state index contributed by atoms with van der Waals surface area (Å²) in [6.07, 6.45) is 3.34. The zero-order valence-electron chi connectivity index (χ0n) is 16.5. The van der Waals surface area contributed by atoms with E-state index in [-0.39, 0.29) is 17.2 Å². The Morgan fingerprint density at radius 1 is 1.00 bits per heavy atom. The van der Waals surface area contributed by atoms with Crippen LogP contribution in [0.2, 0.25) is 0 Å². The number of amides is 1. The Morgan fingerprint density at radius 2 is 1.69 bits per heavy atom. The first-order valence-electron chi connectivity index (χ1n) is 9.38. The molecule has 0 atom stereocenters. The second kappa shape index (κ2) is 10.9. The molecule has 0 fully saturated rings. The van der Waals surface area contributed by atoms with Gasteiger partial charge in [0.25, 0.3) is 0 Å². The molecule has 0 radical (unpaired) electrons. The Kier molecular flexibility index (Phi) is 8.33. The van der Waals surface area contributed by atoms with Gasteiger partial charge in [-0.25, -0.2) is 9.18 Å². The van der Waals surface area contributed by atoms with Gasteiger partial charge in [0.1, 0.15) is 0 Å². The number of Topliss-reactive ketones (excluding diaryl/α,β-unsaturated/α-hetero) is 1. The van der Waals surface area contributed by atoms with Gasteiger partial charge in [-0.2, -0.15) is 0 Å². The van der Waals surface area contributed by atoms with E-state index in [0.29, 0.717) is 17.7 Å². The number of rotatable bonds is 10. The number of benzene rings is 2. The molecular weight excluding hydrogens is 377 g/mol. The van der Waals surface area contributed by atoms with Crippen molar-refractivity contribution in [2.24, 2.45) is 0 Å². The number of carbonyl (C=O) groups is 3. The maximum absolute atomic E-state index is 13.7. The smallest absolute Gasteiger partial charge is 0.338 e. The topological polar surface area (TPSA) is 81.7 Å². The molecule has 0 unspecified atom stereocenters. The predicted octanol–water partition coefficient (Wildman–Crippen LogP) is 4.39. The minimum atomic E-state index is -0.809. The number of halogens is 1. The van der Waals surface area contributed by atoms with Gasteiger partial charge < -0.3 is 14.8 Å². The first kappa shape index (κ1) is 22.1. The molecule has 0 aliphatic rings. The van der Waals surface area contributed by atoms with Crippen molar-refractivity contribution in [2.45, 2.75) is 32.6 Å². The summed E-state index contributed by atoms with van der Waals surface area (Å²) in [7, 11) is 1.32. The fourth-order valence-electron chi connectivity index (χ4n) is 2.59. The lowest BCUT2D eigenvalue weighted by atomic mass is 10.1. The lowest BCUT2D eigenvalue weighted by Crippen LogP contribution is -2.15. The molecule has 2 aromatic carbocycles. The van der Waals surface area contributed by atoms with Crippen molar-refractivity contribution in [3.05, 3.63) is 59.4 Å². The van der Waals surface area contributed by atoms with Gasteiger partial charge in [0, 0.05) is 17.7 Å². The second-order valence-corrected chi connectivity index (χ2v) is 6.43. The molecule has 0 saturated carbocycles. The number of hydrogen-bond acceptors (Lipinski definition) is 5. The summed E-state index contributed by atoms with van der Waals surface area (Å²) in [6.45, 7) is 1.59. The van der Waals surface area contributed by atoms with Crippen LogP contribution in [0.4, 0.5) is 10.1 Å². The van der Waals surface area contributed by atoms with E-state index < -0.39 is 24.2 Å². The molecule has 154 valence electrons. The summed E-state index contributed by atoms with van der Waals surface area (Å²) >= 11 is 0. The summed E-state index contributed by atoms with van der Waals surface area (Å²) in [5.41, 5.74) is 0.911. The monoisotopic (exact) mass is 401 g/mol. The Morgan fingerprint density at radius 3 is 2.31 bits per heavy atom. The molecule has 7 heteroatoms. The van der Waals surface area contributed by atoms with Crippen LogP contribution in [0.25, 0.3) is 0 Å². The number of unbranched alkanes of at least 4 members (excludes halogenated alkanes) is 2. The molecule has 0 saturated heterocycles. The number of nitrogens with one attached hydrogen (secondary N) is 1. The van der Waals surface area contributed by atoms with Gasteiger partial charge in [0.05, 0.1) is 12.7 Å². The number of methoxy groups -OCH3 is 1. The number of esters is 1. The fourth-order valence-corrected chi connectivity index (χ4v) is 2.59. The molecule has 6 nitrogen and oxygen atoms in total. The number of carbonyl (C=O) groups excluding carboxylic acids is 3. The van der Waals surface area contributed by atoms with Gasteiger partial charge >= 0.3 is 5.97 Å². The maximum atomic E-state index is 13.7. The minimum Gasteiger partial charge on any atom is -0.494 e. The first-order chi connectivity index (χ1) is 13.9. The van der Waals surface area contributed by atoms with Crippen LogP contribution in [0.15, 0.2) is 42.5 Å². The molecule has 0 spiro atoms. The number of ether oxygens (including phenoxy) is 2. The van der Waals surface area contributed by atoms with Crippen molar-refractivity contribution in [2.75, 3.05) is 19.0 Å². The van der Waals surface area contributed by atoms with Crippen molar-refractivity contribution in [1.29, 1.82) is 0 Å². The zero-order chi connectivity index (χ0) is 21.2. The van der Waals surface area contributed by atoms with Crippen LogP contribution < -0.4 is 10.1 Å². The summed E-state index contributed by atoms with van der Waals surface area (Å²) in [5, 5.41) is 2.77. The van der Waals surface area contributed by atoms with Gasteiger partial charge in [-0.1, -0.05) is 19.8 Å². The maximum Gasteiger partial charge on any atom is 0.338 e. The van der Waals surface area contributed by atoms with Crippen LogP contribution in [0.3, 0.4) is 0 Å². The van der Waals surface area contributed by atoms with Crippen molar-refractivity contribution in [3.63, 3.8) is 0 Å². The highest BCUT2D eigenvalue weighted by atomic mass is 19.1. The van der Waals surface area contributed by atoms with E-state index in [1.807, 2.05) is 0 Å². The van der Waals surface area contributed by atoms with Gasteiger partial charge in [-0.05, 0) is 48.9 Å². The van der Waals surface area contributed by atoms with E-state index in [9.17, 15) is 18.8 Å². The zero-order valence-corrected chi connectivity index (χ0v) is 16.5. The molecule has 0 aliphatic heterocycles. The predicted molar refractivity (Wildman–Crippen MR) is 107 cm³/mol. The standard InChI is InChI=1S/C22H24FNO5/c1-3-4-5-6-21(26)24-17-10-7-15(8-11-17)19(25)14-29-22(27)16-9-12-20(28-2)18(23)13-16/h7-13H,3-6,14H2,1-2H3,(H,24,26).